The number of aryl methyl sites for hydroxylation is 1. The molecule has 0 unspecified atom stereocenters. The summed E-state index contributed by atoms with van der Waals surface area (Å²) >= 11 is 6.06. The van der Waals surface area contributed by atoms with Crippen molar-refractivity contribution < 1.29 is 8.42 Å². The zero-order valence-electron chi connectivity index (χ0n) is 14.4. The highest BCUT2D eigenvalue weighted by atomic mass is 35.5. The molecule has 4 rings (SSSR count). The van der Waals surface area contributed by atoms with E-state index in [4.69, 9.17) is 11.6 Å². The van der Waals surface area contributed by atoms with Crippen molar-refractivity contribution in [3.05, 3.63) is 70.4 Å². The monoisotopic (exact) mass is 388 g/mol. The van der Waals surface area contributed by atoms with E-state index in [1.54, 1.807) is 4.31 Å². The van der Waals surface area contributed by atoms with Crippen molar-refractivity contribution in [3.63, 3.8) is 0 Å². The highest BCUT2D eigenvalue weighted by Gasteiger charge is 2.28. The summed E-state index contributed by atoms with van der Waals surface area (Å²) in [7, 11) is -3.26. The normalized spacial score (nSPS) is 15.3. The fourth-order valence-corrected chi connectivity index (χ4v) is 5.27. The van der Waals surface area contributed by atoms with Gasteiger partial charge >= 0.3 is 0 Å². The maximum absolute atomic E-state index is 12.8. The molecule has 0 bridgehead atoms. The Hall–Kier alpha value is -1.82. The number of H-pyrrole nitrogens is 1. The van der Waals surface area contributed by atoms with Crippen LogP contribution in [0.2, 0.25) is 5.02 Å². The van der Waals surface area contributed by atoms with Crippen LogP contribution < -0.4 is 0 Å². The molecular weight excluding hydrogens is 368 g/mol. The Bertz CT molecular complexity index is 1030. The molecule has 0 radical (unpaired) electrons. The molecule has 3 aromatic rings. The van der Waals surface area contributed by atoms with Crippen LogP contribution >= 0.6 is 11.6 Å². The standard InChI is InChI=1S/C20H21ClN2O2S/c21-16-8-9-17-18-14-23(11-10-19(18)22-20(17)13-16)26(24,25)12-4-7-15-5-2-1-3-6-15/h1-3,5-6,8-9,13,22H,4,7,10-12,14H2. The predicted molar refractivity (Wildman–Crippen MR) is 106 cm³/mol. The van der Waals surface area contributed by atoms with Crippen LogP contribution in [-0.2, 0) is 29.4 Å². The van der Waals surface area contributed by atoms with E-state index >= 15 is 0 Å². The van der Waals surface area contributed by atoms with Gasteiger partial charge in [-0.15, -0.1) is 0 Å². The van der Waals surface area contributed by atoms with Gasteiger partial charge in [0.2, 0.25) is 10.0 Å². The van der Waals surface area contributed by atoms with E-state index in [9.17, 15) is 8.42 Å². The number of hydrogen-bond donors (Lipinski definition) is 1. The number of aromatic amines is 1. The van der Waals surface area contributed by atoms with Gasteiger partial charge in [0.15, 0.2) is 0 Å². The van der Waals surface area contributed by atoms with Crippen LogP contribution in [0, 0.1) is 0 Å². The lowest BCUT2D eigenvalue weighted by Crippen LogP contribution is -2.37. The van der Waals surface area contributed by atoms with Gasteiger partial charge in [0, 0.05) is 41.1 Å². The maximum atomic E-state index is 12.8. The molecule has 4 nitrogen and oxygen atoms in total. The van der Waals surface area contributed by atoms with Crippen molar-refractivity contribution >= 4 is 32.5 Å². The van der Waals surface area contributed by atoms with Gasteiger partial charge in [-0.3, -0.25) is 0 Å². The minimum absolute atomic E-state index is 0.186. The summed E-state index contributed by atoms with van der Waals surface area (Å²) in [5.41, 5.74) is 4.36. The second-order valence-corrected chi connectivity index (χ2v) is 9.29. The molecule has 0 atom stereocenters. The number of aromatic nitrogens is 1. The van der Waals surface area contributed by atoms with Crippen molar-refractivity contribution in [1.29, 1.82) is 0 Å². The van der Waals surface area contributed by atoms with Gasteiger partial charge in [0.1, 0.15) is 0 Å². The van der Waals surface area contributed by atoms with E-state index in [0.29, 0.717) is 31.0 Å². The van der Waals surface area contributed by atoms with Crippen LogP contribution in [-0.4, -0.2) is 30.0 Å². The molecule has 0 spiro atoms. The summed E-state index contributed by atoms with van der Waals surface area (Å²) in [5, 5.41) is 1.75. The van der Waals surface area contributed by atoms with E-state index in [2.05, 4.69) is 4.98 Å². The lowest BCUT2D eigenvalue weighted by atomic mass is 10.1. The lowest BCUT2D eigenvalue weighted by Gasteiger charge is -2.26. The number of benzene rings is 2. The molecule has 1 aliphatic heterocycles. The molecule has 0 aliphatic carbocycles. The second kappa shape index (κ2) is 7.06. The van der Waals surface area contributed by atoms with E-state index in [-0.39, 0.29) is 5.75 Å². The van der Waals surface area contributed by atoms with Gasteiger partial charge in [-0.25, -0.2) is 8.42 Å². The minimum Gasteiger partial charge on any atom is -0.358 e. The maximum Gasteiger partial charge on any atom is 0.214 e. The molecule has 0 fully saturated rings. The van der Waals surface area contributed by atoms with Gasteiger partial charge in [0.25, 0.3) is 0 Å². The molecule has 1 N–H and O–H groups in total. The minimum atomic E-state index is -3.26. The Morgan fingerprint density at radius 3 is 2.73 bits per heavy atom. The van der Waals surface area contributed by atoms with Crippen LogP contribution in [0.15, 0.2) is 48.5 Å². The number of fused-ring (bicyclic) bond motifs is 3. The van der Waals surface area contributed by atoms with Gasteiger partial charge in [-0.1, -0.05) is 48.0 Å². The third kappa shape index (κ3) is 3.52. The highest BCUT2D eigenvalue weighted by molar-refractivity contribution is 7.89. The van der Waals surface area contributed by atoms with Crippen molar-refractivity contribution in [2.45, 2.75) is 25.8 Å². The number of sulfonamides is 1. The van der Waals surface area contributed by atoms with Gasteiger partial charge < -0.3 is 4.98 Å². The molecule has 0 saturated carbocycles. The fourth-order valence-electron chi connectivity index (χ4n) is 3.64. The molecule has 136 valence electrons. The first kappa shape index (κ1) is 17.6. The Morgan fingerprint density at radius 2 is 1.92 bits per heavy atom. The Morgan fingerprint density at radius 1 is 1.12 bits per heavy atom. The zero-order chi connectivity index (χ0) is 18.1. The first-order valence-electron chi connectivity index (χ1n) is 8.84. The molecule has 2 aromatic carbocycles. The summed E-state index contributed by atoms with van der Waals surface area (Å²) < 4.78 is 27.2. The number of hydrogen-bond acceptors (Lipinski definition) is 2. The average molecular weight is 389 g/mol. The molecule has 2 heterocycles. The van der Waals surface area contributed by atoms with Crippen LogP contribution in [0.3, 0.4) is 0 Å². The molecule has 0 amide bonds. The Balaban J connectivity index is 1.47. The molecule has 0 saturated heterocycles. The van der Waals surface area contributed by atoms with Crippen molar-refractivity contribution in [1.82, 2.24) is 9.29 Å². The first-order chi connectivity index (χ1) is 12.5. The molecule has 1 aromatic heterocycles. The Labute approximate surface area is 158 Å². The van der Waals surface area contributed by atoms with Crippen molar-refractivity contribution in [2.24, 2.45) is 0 Å². The number of halogens is 1. The van der Waals surface area contributed by atoms with Crippen molar-refractivity contribution in [2.75, 3.05) is 12.3 Å². The van der Waals surface area contributed by atoms with Crippen LogP contribution in [0.5, 0.6) is 0 Å². The topological polar surface area (TPSA) is 53.2 Å². The molecular formula is C20H21ClN2O2S. The highest BCUT2D eigenvalue weighted by Crippen LogP contribution is 2.30. The first-order valence-corrected chi connectivity index (χ1v) is 10.8. The number of nitrogens with one attached hydrogen (secondary N) is 1. The Kier molecular flexibility index (Phi) is 4.78. The average Bonchev–Trinajstić information content (AvgIpc) is 2.99. The van der Waals surface area contributed by atoms with Gasteiger partial charge in [-0.2, -0.15) is 4.31 Å². The van der Waals surface area contributed by atoms with Crippen LogP contribution in [0.4, 0.5) is 0 Å². The van der Waals surface area contributed by atoms with Gasteiger partial charge in [0.05, 0.1) is 5.75 Å². The van der Waals surface area contributed by atoms with Gasteiger partial charge in [-0.05, 0) is 36.1 Å². The molecule has 26 heavy (non-hydrogen) atoms. The summed E-state index contributed by atoms with van der Waals surface area (Å²) in [6.07, 6.45) is 2.13. The largest absolute Gasteiger partial charge is 0.358 e. The second-order valence-electron chi connectivity index (χ2n) is 6.76. The summed E-state index contributed by atoms with van der Waals surface area (Å²) in [4.78, 5) is 3.39. The predicted octanol–water partition coefficient (Wildman–Crippen LogP) is 4.14. The SMILES string of the molecule is O=S(=O)(CCCc1ccccc1)N1CCc2[nH]c3cc(Cl)ccc3c2C1. The third-order valence-electron chi connectivity index (χ3n) is 5.01. The third-order valence-corrected chi connectivity index (χ3v) is 7.14. The smallest absolute Gasteiger partial charge is 0.214 e. The molecule has 1 aliphatic rings. The number of rotatable bonds is 5. The van der Waals surface area contributed by atoms with Crippen LogP contribution in [0.1, 0.15) is 23.2 Å². The quantitative estimate of drug-likeness (QED) is 0.714. The van der Waals surface area contributed by atoms with E-state index < -0.39 is 10.0 Å². The van der Waals surface area contributed by atoms with Crippen molar-refractivity contribution in [3.8, 4) is 0 Å². The van der Waals surface area contributed by atoms with E-state index in [1.165, 1.54) is 5.56 Å². The summed E-state index contributed by atoms with van der Waals surface area (Å²) in [6, 6.07) is 15.7. The lowest BCUT2D eigenvalue weighted by molar-refractivity contribution is 0.390. The number of nitrogens with zero attached hydrogens (tertiary/aromatic N) is 1. The zero-order valence-corrected chi connectivity index (χ0v) is 16.0. The summed E-state index contributed by atoms with van der Waals surface area (Å²) in [6.45, 7) is 0.964. The summed E-state index contributed by atoms with van der Waals surface area (Å²) in [5.74, 6) is 0.186. The van der Waals surface area contributed by atoms with E-state index in [0.717, 1.165) is 28.6 Å². The molecule has 6 heteroatoms. The fraction of sp³-hybridized carbons (Fsp3) is 0.300. The van der Waals surface area contributed by atoms with Crippen LogP contribution in [0.25, 0.3) is 10.9 Å². The van der Waals surface area contributed by atoms with E-state index in [1.807, 2.05) is 48.5 Å².